The zero-order valence-corrected chi connectivity index (χ0v) is 11.5. The van der Waals surface area contributed by atoms with Crippen molar-refractivity contribution in [2.45, 2.75) is 25.3 Å². The summed E-state index contributed by atoms with van der Waals surface area (Å²) >= 11 is 0. The van der Waals surface area contributed by atoms with E-state index < -0.39 is 10.0 Å². The smallest absolute Gasteiger partial charge is 0.265 e. The van der Waals surface area contributed by atoms with Crippen LogP contribution in [0.3, 0.4) is 0 Å². The summed E-state index contributed by atoms with van der Waals surface area (Å²) in [6, 6.07) is 3.23. The third-order valence-corrected chi connectivity index (χ3v) is 4.16. The zero-order chi connectivity index (χ0) is 14.0. The van der Waals surface area contributed by atoms with Crippen LogP contribution in [0.2, 0.25) is 0 Å². The number of sulfonamides is 1. The summed E-state index contributed by atoms with van der Waals surface area (Å²) in [5.41, 5.74) is 7.45. The molecule has 0 bridgehead atoms. The average molecular weight is 281 g/mol. The number of nitrogens with two attached hydrogens (primary N) is 1. The summed E-state index contributed by atoms with van der Waals surface area (Å²) in [7, 11) is -3.71. The van der Waals surface area contributed by atoms with Gasteiger partial charge < -0.3 is 5.73 Å². The molecule has 0 saturated carbocycles. The molecule has 0 atom stereocenters. The molecule has 0 aliphatic carbocycles. The van der Waals surface area contributed by atoms with Crippen LogP contribution < -0.4 is 10.5 Å². The van der Waals surface area contributed by atoms with E-state index in [4.69, 9.17) is 5.73 Å². The second-order valence-electron chi connectivity index (χ2n) is 4.12. The van der Waals surface area contributed by atoms with Gasteiger partial charge in [0.25, 0.3) is 10.0 Å². The quantitative estimate of drug-likeness (QED) is 0.762. The van der Waals surface area contributed by atoms with E-state index in [9.17, 15) is 8.42 Å². The minimum absolute atomic E-state index is 0.0515. The highest BCUT2D eigenvalue weighted by Gasteiger charge is 2.23. The van der Waals surface area contributed by atoms with Crippen molar-refractivity contribution in [1.82, 2.24) is 15.2 Å². The molecule has 2 aromatic rings. The molecule has 0 aliphatic heterocycles. The lowest BCUT2D eigenvalue weighted by Crippen LogP contribution is -2.16. The molecule has 8 heteroatoms. The molecule has 0 aliphatic rings. The number of hydrogen-bond donors (Lipinski definition) is 3. The van der Waals surface area contributed by atoms with Gasteiger partial charge in [-0.15, -0.1) is 0 Å². The van der Waals surface area contributed by atoms with Crippen LogP contribution in [0, 0.1) is 13.8 Å². The van der Waals surface area contributed by atoms with Crippen LogP contribution >= 0.6 is 0 Å². The van der Waals surface area contributed by atoms with Gasteiger partial charge in [-0.3, -0.25) is 14.8 Å². The summed E-state index contributed by atoms with van der Waals surface area (Å²) in [6.07, 6.45) is 1.54. The minimum Gasteiger partial charge on any atom is -0.325 e. The molecule has 2 aromatic heterocycles. The largest absolute Gasteiger partial charge is 0.325 e. The Balaban J connectivity index is 2.40. The molecule has 0 amide bonds. The maximum Gasteiger partial charge on any atom is 0.265 e. The first-order valence-electron chi connectivity index (χ1n) is 5.63. The predicted octanol–water partition coefficient (Wildman–Crippen LogP) is 0.681. The summed E-state index contributed by atoms with van der Waals surface area (Å²) < 4.78 is 27.1. The molecule has 0 fully saturated rings. The number of aryl methyl sites for hydroxylation is 2. The lowest BCUT2D eigenvalue weighted by molar-refractivity contribution is 0.599. The van der Waals surface area contributed by atoms with Crippen molar-refractivity contribution in [3.8, 4) is 0 Å². The molecule has 7 nitrogen and oxygen atoms in total. The number of nitrogens with zero attached hydrogens (tertiary/aromatic N) is 2. The number of aromatic amines is 1. The first-order valence-corrected chi connectivity index (χ1v) is 7.11. The van der Waals surface area contributed by atoms with E-state index in [1.165, 1.54) is 0 Å². The van der Waals surface area contributed by atoms with Crippen LogP contribution in [0.5, 0.6) is 0 Å². The number of rotatable bonds is 4. The van der Waals surface area contributed by atoms with Crippen molar-refractivity contribution in [1.29, 1.82) is 0 Å². The zero-order valence-electron chi connectivity index (χ0n) is 10.6. The number of anilines is 1. The molecule has 102 valence electrons. The topological polar surface area (TPSA) is 114 Å². The van der Waals surface area contributed by atoms with E-state index in [0.29, 0.717) is 17.1 Å². The van der Waals surface area contributed by atoms with Crippen LogP contribution in [0.25, 0.3) is 0 Å². The molecule has 0 saturated heterocycles. The molecule has 2 rings (SSSR count). The van der Waals surface area contributed by atoms with Crippen molar-refractivity contribution < 1.29 is 8.42 Å². The molecule has 0 radical (unpaired) electrons. The Bertz CT molecular complexity index is 693. The van der Waals surface area contributed by atoms with Gasteiger partial charge in [0.15, 0.2) is 0 Å². The van der Waals surface area contributed by atoms with Crippen LogP contribution in [0.15, 0.2) is 23.2 Å². The van der Waals surface area contributed by atoms with Gasteiger partial charge in [0.05, 0.1) is 17.1 Å². The number of hydrogen-bond acceptors (Lipinski definition) is 5. The van der Waals surface area contributed by atoms with Gasteiger partial charge in [0.2, 0.25) is 0 Å². The monoisotopic (exact) mass is 281 g/mol. The first kappa shape index (κ1) is 13.5. The van der Waals surface area contributed by atoms with Gasteiger partial charge in [-0.1, -0.05) is 0 Å². The molecule has 19 heavy (non-hydrogen) atoms. The fourth-order valence-corrected chi connectivity index (χ4v) is 3.21. The van der Waals surface area contributed by atoms with Crippen LogP contribution in [0.4, 0.5) is 5.69 Å². The molecule has 2 heterocycles. The van der Waals surface area contributed by atoms with Crippen LogP contribution in [0.1, 0.15) is 17.1 Å². The fourth-order valence-electron chi connectivity index (χ4n) is 1.78. The summed E-state index contributed by atoms with van der Waals surface area (Å²) in [5.74, 6) is 0. The maximum absolute atomic E-state index is 12.3. The van der Waals surface area contributed by atoms with E-state index in [0.717, 1.165) is 5.69 Å². The predicted molar refractivity (Wildman–Crippen MR) is 71.0 cm³/mol. The molecular formula is C11H15N5O2S. The second-order valence-corrected chi connectivity index (χ2v) is 5.74. The Hall–Kier alpha value is -1.93. The van der Waals surface area contributed by atoms with E-state index in [2.05, 4.69) is 19.9 Å². The second kappa shape index (κ2) is 4.98. The molecule has 0 spiro atoms. The molecular weight excluding hydrogens is 266 g/mol. The van der Waals surface area contributed by atoms with Gasteiger partial charge >= 0.3 is 0 Å². The van der Waals surface area contributed by atoms with Gasteiger partial charge in [-0.2, -0.15) is 5.10 Å². The van der Waals surface area contributed by atoms with Crippen molar-refractivity contribution in [2.75, 3.05) is 4.72 Å². The third-order valence-electron chi connectivity index (χ3n) is 2.57. The van der Waals surface area contributed by atoms with Crippen LogP contribution in [-0.2, 0) is 16.6 Å². The standard InChI is InChI=1S/C11H15N5O2S/c1-7-5-9(3-4-13-7)16-19(17,18)11-8(2)14-15-10(11)6-12/h3-5H,6,12H2,1-2H3,(H,13,16)(H,14,15). The number of nitrogens with one attached hydrogen (secondary N) is 2. The maximum atomic E-state index is 12.3. The minimum atomic E-state index is -3.71. The number of pyridine rings is 1. The van der Waals surface area contributed by atoms with Crippen molar-refractivity contribution in [2.24, 2.45) is 5.73 Å². The van der Waals surface area contributed by atoms with Gasteiger partial charge in [-0.25, -0.2) is 8.42 Å². The van der Waals surface area contributed by atoms with Gasteiger partial charge in [0, 0.05) is 18.4 Å². The Morgan fingerprint density at radius 3 is 2.79 bits per heavy atom. The highest BCUT2D eigenvalue weighted by molar-refractivity contribution is 7.92. The number of H-pyrrole nitrogens is 1. The molecule has 0 unspecified atom stereocenters. The van der Waals surface area contributed by atoms with E-state index in [1.54, 1.807) is 32.2 Å². The van der Waals surface area contributed by atoms with E-state index in [-0.39, 0.29) is 11.4 Å². The summed E-state index contributed by atoms with van der Waals surface area (Å²) in [5, 5.41) is 6.51. The van der Waals surface area contributed by atoms with E-state index >= 15 is 0 Å². The fraction of sp³-hybridized carbons (Fsp3) is 0.273. The summed E-state index contributed by atoms with van der Waals surface area (Å²) in [4.78, 5) is 4.11. The Morgan fingerprint density at radius 2 is 2.16 bits per heavy atom. The lowest BCUT2D eigenvalue weighted by atomic mass is 10.3. The Morgan fingerprint density at radius 1 is 1.42 bits per heavy atom. The van der Waals surface area contributed by atoms with Crippen LogP contribution in [-0.4, -0.2) is 23.6 Å². The van der Waals surface area contributed by atoms with Crippen molar-refractivity contribution >= 4 is 15.7 Å². The lowest BCUT2D eigenvalue weighted by Gasteiger charge is -2.08. The van der Waals surface area contributed by atoms with Gasteiger partial charge in [0.1, 0.15) is 4.90 Å². The number of aromatic nitrogens is 3. The Kier molecular flexibility index (Phi) is 3.54. The highest BCUT2D eigenvalue weighted by atomic mass is 32.2. The molecule has 4 N–H and O–H groups in total. The summed E-state index contributed by atoms with van der Waals surface area (Å²) in [6.45, 7) is 3.47. The van der Waals surface area contributed by atoms with Crippen molar-refractivity contribution in [3.05, 3.63) is 35.4 Å². The highest BCUT2D eigenvalue weighted by Crippen LogP contribution is 2.21. The van der Waals surface area contributed by atoms with Crippen molar-refractivity contribution in [3.63, 3.8) is 0 Å². The van der Waals surface area contributed by atoms with E-state index in [1.807, 2.05) is 0 Å². The SMILES string of the molecule is Cc1cc(NS(=O)(=O)c2c(CN)n[nH]c2C)ccn1. The van der Waals surface area contributed by atoms with Gasteiger partial charge in [-0.05, 0) is 26.0 Å². The molecule has 0 aromatic carbocycles. The average Bonchev–Trinajstić information content (AvgIpc) is 2.70. The third kappa shape index (κ3) is 2.74. The normalized spacial score (nSPS) is 11.5. The first-order chi connectivity index (χ1) is 8.94. The Labute approximate surface area is 111 Å².